The molecule has 0 spiro atoms. The van der Waals surface area contributed by atoms with Gasteiger partial charge in [0.1, 0.15) is 11.4 Å². The van der Waals surface area contributed by atoms with Crippen LogP contribution in [0, 0.1) is 0 Å². The van der Waals surface area contributed by atoms with Crippen LogP contribution in [0.3, 0.4) is 0 Å². The Morgan fingerprint density at radius 1 is 1.33 bits per heavy atom. The number of hydrogen-bond acceptors (Lipinski definition) is 3. The van der Waals surface area contributed by atoms with Crippen LogP contribution in [0.2, 0.25) is 0 Å². The number of ether oxygens (including phenoxy) is 1. The molecule has 1 aliphatic rings. The lowest BCUT2D eigenvalue weighted by Gasteiger charge is -2.06. The molecule has 1 aromatic carbocycles. The Labute approximate surface area is 105 Å². The zero-order valence-electron chi connectivity index (χ0n) is 10.3. The molecule has 0 atom stereocenters. The lowest BCUT2D eigenvalue weighted by molar-refractivity contribution is -0.122. The fourth-order valence-electron chi connectivity index (χ4n) is 1.80. The first kappa shape index (κ1) is 12.2. The number of carbonyl (C=O) groups is 2. The van der Waals surface area contributed by atoms with Crippen molar-refractivity contribution < 1.29 is 14.3 Å². The van der Waals surface area contributed by atoms with Gasteiger partial charge in [-0.05, 0) is 19.1 Å². The van der Waals surface area contributed by atoms with Gasteiger partial charge >= 0.3 is 6.03 Å². The average molecular weight is 246 g/mol. The summed E-state index contributed by atoms with van der Waals surface area (Å²) in [6.45, 7) is 2.11. The van der Waals surface area contributed by atoms with E-state index in [1.807, 2.05) is 18.2 Å². The normalized spacial score (nSPS) is 17.2. The maximum absolute atomic E-state index is 11.9. The lowest BCUT2D eigenvalue weighted by atomic mass is 10.1. The molecule has 3 amide bonds. The van der Waals surface area contributed by atoms with Gasteiger partial charge in [-0.25, -0.2) is 4.79 Å². The second-order valence-corrected chi connectivity index (χ2v) is 3.78. The van der Waals surface area contributed by atoms with Crippen molar-refractivity contribution in [2.45, 2.75) is 6.92 Å². The predicted octanol–water partition coefficient (Wildman–Crippen LogP) is 1.61. The van der Waals surface area contributed by atoms with E-state index >= 15 is 0 Å². The largest absolute Gasteiger partial charge is 0.496 e. The van der Waals surface area contributed by atoms with Crippen LogP contribution in [0.1, 0.15) is 12.5 Å². The van der Waals surface area contributed by atoms with Crippen LogP contribution in [0.5, 0.6) is 5.75 Å². The quantitative estimate of drug-likeness (QED) is 0.651. The molecule has 0 saturated carbocycles. The zero-order valence-corrected chi connectivity index (χ0v) is 10.3. The maximum atomic E-state index is 11.9. The van der Waals surface area contributed by atoms with E-state index in [1.165, 1.54) is 0 Å². The summed E-state index contributed by atoms with van der Waals surface area (Å²) in [6, 6.07) is 6.91. The molecule has 1 saturated heterocycles. The number of benzene rings is 1. The topological polar surface area (TPSA) is 58.6 Å². The predicted molar refractivity (Wildman–Crippen MR) is 66.9 cm³/mol. The molecule has 5 heteroatoms. The van der Waals surface area contributed by atoms with E-state index in [9.17, 15) is 9.59 Å². The molecule has 0 aromatic heterocycles. The minimum Gasteiger partial charge on any atom is -0.496 e. The van der Waals surface area contributed by atoms with Gasteiger partial charge in [-0.3, -0.25) is 9.69 Å². The van der Waals surface area contributed by atoms with Crippen molar-refractivity contribution in [3.05, 3.63) is 35.5 Å². The van der Waals surface area contributed by atoms with Gasteiger partial charge in [0, 0.05) is 12.1 Å². The Kier molecular flexibility index (Phi) is 3.32. The van der Waals surface area contributed by atoms with Crippen LogP contribution in [-0.4, -0.2) is 30.5 Å². The highest BCUT2D eigenvalue weighted by atomic mass is 16.5. The fraction of sp³-hybridized carbons (Fsp3) is 0.231. The number of methoxy groups -OCH3 is 1. The number of rotatable bonds is 3. The van der Waals surface area contributed by atoms with Gasteiger partial charge in [0.25, 0.3) is 5.91 Å². The number of amides is 3. The van der Waals surface area contributed by atoms with Crippen LogP contribution >= 0.6 is 0 Å². The maximum Gasteiger partial charge on any atom is 0.328 e. The Morgan fingerprint density at radius 2 is 2.06 bits per heavy atom. The number of nitrogens with zero attached hydrogens (tertiary/aromatic N) is 1. The highest BCUT2D eigenvalue weighted by Gasteiger charge is 2.32. The highest BCUT2D eigenvalue weighted by Crippen LogP contribution is 2.21. The standard InChI is InChI=1S/C13H14N2O3/c1-3-15-12(16)10(14-13(15)17)8-9-6-4-5-7-11(9)18-2/h4-8H,3H2,1-2H3,(H,14,17)/b10-8-. The molecule has 94 valence electrons. The summed E-state index contributed by atoms with van der Waals surface area (Å²) in [5, 5.41) is 2.55. The molecule has 1 heterocycles. The van der Waals surface area contributed by atoms with Crippen molar-refractivity contribution in [3.63, 3.8) is 0 Å². The van der Waals surface area contributed by atoms with Crippen molar-refractivity contribution in [3.8, 4) is 5.75 Å². The van der Waals surface area contributed by atoms with Crippen molar-refractivity contribution in [1.29, 1.82) is 0 Å². The number of hydrogen-bond donors (Lipinski definition) is 1. The SMILES string of the molecule is CCN1C(=O)N/C(=C\c2ccccc2OC)C1=O. The van der Waals surface area contributed by atoms with Crippen molar-refractivity contribution in [2.75, 3.05) is 13.7 Å². The molecular formula is C13H14N2O3. The van der Waals surface area contributed by atoms with Crippen molar-refractivity contribution >= 4 is 18.0 Å². The summed E-state index contributed by atoms with van der Waals surface area (Å²) in [5.41, 5.74) is 1.02. The summed E-state index contributed by atoms with van der Waals surface area (Å²) >= 11 is 0. The third-order valence-electron chi connectivity index (χ3n) is 2.72. The minimum absolute atomic E-state index is 0.270. The zero-order chi connectivity index (χ0) is 13.1. The molecule has 1 N–H and O–H groups in total. The third-order valence-corrected chi connectivity index (χ3v) is 2.72. The molecule has 0 radical (unpaired) electrons. The molecule has 1 aromatic rings. The van der Waals surface area contributed by atoms with Gasteiger partial charge in [0.15, 0.2) is 0 Å². The number of para-hydroxylation sites is 1. The van der Waals surface area contributed by atoms with Crippen LogP contribution in [0.15, 0.2) is 30.0 Å². The number of imide groups is 1. The summed E-state index contributed by atoms with van der Waals surface area (Å²) in [7, 11) is 1.56. The molecule has 1 aliphatic heterocycles. The lowest BCUT2D eigenvalue weighted by Crippen LogP contribution is -2.30. The van der Waals surface area contributed by atoms with E-state index in [4.69, 9.17) is 4.74 Å². The summed E-state index contributed by atoms with van der Waals surface area (Å²) in [4.78, 5) is 24.5. The Morgan fingerprint density at radius 3 is 2.67 bits per heavy atom. The first-order chi connectivity index (χ1) is 8.67. The number of likely N-dealkylation sites (N-methyl/N-ethyl adjacent to an activating group) is 1. The molecule has 18 heavy (non-hydrogen) atoms. The summed E-state index contributed by atoms with van der Waals surface area (Å²) in [5.74, 6) is 0.343. The van der Waals surface area contributed by atoms with E-state index in [-0.39, 0.29) is 17.6 Å². The number of nitrogens with one attached hydrogen (secondary N) is 1. The van der Waals surface area contributed by atoms with Crippen LogP contribution in [0.4, 0.5) is 4.79 Å². The highest BCUT2D eigenvalue weighted by molar-refractivity contribution is 6.14. The Hall–Kier alpha value is -2.30. The monoisotopic (exact) mass is 246 g/mol. The molecule has 5 nitrogen and oxygen atoms in total. The van der Waals surface area contributed by atoms with Gasteiger partial charge in [-0.2, -0.15) is 0 Å². The first-order valence-electron chi connectivity index (χ1n) is 5.65. The fourth-order valence-corrected chi connectivity index (χ4v) is 1.80. The van der Waals surface area contributed by atoms with Gasteiger partial charge in [-0.15, -0.1) is 0 Å². The van der Waals surface area contributed by atoms with Crippen LogP contribution in [0.25, 0.3) is 6.08 Å². The molecular weight excluding hydrogens is 232 g/mol. The van der Waals surface area contributed by atoms with Crippen molar-refractivity contribution in [1.82, 2.24) is 10.2 Å². The third kappa shape index (κ3) is 2.07. The molecule has 1 fully saturated rings. The number of urea groups is 1. The van der Waals surface area contributed by atoms with Gasteiger partial charge in [-0.1, -0.05) is 18.2 Å². The minimum atomic E-state index is -0.386. The van der Waals surface area contributed by atoms with Crippen LogP contribution < -0.4 is 10.1 Å². The van der Waals surface area contributed by atoms with E-state index in [0.29, 0.717) is 12.3 Å². The smallest absolute Gasteiger partial charge is 0.328 e. The molecule has 0 aliphatic carbocycles. The molecule has 2 rings (SSSR count). The Balaban J connectivity index is 2.35. The van der Waals surface area contributed by atoms with Gasteiger partial charge in [0.05, 0.1) is 7.11 Å². The molecule has 0 unspecified atom stereocenters. The Bertz CT molecular complexity index is 523. The summed E-state index contributed by atoms with van der Waals surface area (Å²) in [6.07, 6.45) is 1.62. The second kappa shape index (κ2) is 4.91. The first-order valence-corrected chi connectivity index (χ1v) is 5.65. The summed E-state index contributed by atoms with van der Waals surface area (Å²) < 4.78 is 5.19. The second-order valence-electron chi connectivity index (χ2n) is 3.78. The van der Waals surface area contributed by atoms with E-state index in [0.717, 1.165) is 10.5 Å². The van der Waals surface area contributed by atoms with Crippen molar-refractivity contribution in [2.24, 2.45) is 0 Å². The average Bonchev–Trinajstić information content (AvgIpc) is 2.65. The van der Waals surface area contributed by atoms with Gasteiger partial charge in [0.2, 0.25) is 0 Å². The number of carbonyl (C=O) groups excluding carboxylic acids is 2. The van der Waals surface area contributed by atoms with Crippen LogP contribution in [-0.2, 0) is 4.79 Å². The van der Waals surface area contributed by atoms with E-state index in [2.05, 4.69) is 5.32 Å². The van der Waals surface area contributed by atoms with Gasteiger partial charge < -0.3 is 10.1 Å². The van der Waals surface area contributed by atoms with E-state index < -0.39 is 0 Å². The van der Waals surface area contributed by atoms with E-state index in [1.54, 1.807) is 26.2 Å². The molecule has 0 bridgehead atoms.